The molecule has 0 aliphatic heterocycles. The number of hydrogen-bond donors (Lipinski definition) is 0. The van der Waals surface area contributed by atoms with Gasteiger partial charge in [-0.1, -0.05) is 30.3 Å². The molecule has 2 rings (SSSR count). The fourth-order valence-corrected chi connectivity index (χ4v) is 1.93. The van der Waals surface area contributed by atoms with Crippen LogP contribution in [-0.4, -0.2) is 12.9 Å². The SMILES string of the molecule is COc1ccc(CC(C)=O)c2ccccc12. The molecule has 0 bridgehead atoms. The number of hydrogen-bond acceptors (Lipinski definition) is 2. The van der Waals surface area contributed by atoms with E-state index in [9.17, 15) is 4.79 Å². The Morgan fingerprint density at radius 2 is 1.81 bits per heavy atom. The minimum Gasteiger partial charge on any atom is -0.496 e. The van der Waals surface area contributed by atoms with Gasteiger partial charge >= 0.3 is 0 Å². The van der Waals surface area contributed by atoms with E-state index < -0.39 is 0 Å². The van der Waals surface area contributed by atoms with Crippen molar-refractivity contribution in [1.29, 1.82) is 0 Å². The Labute approximate surface area is 94.8 Å². The Bertz CT molecular complexity index is 529. The number of carbonyl (C=O) groups excluding carboxylic acids is 1. The van der Waals surface area contributed by atoms with Crippen molar-refractivity contribution in [2.24, 2.45) is 0 Å². The summed E-state index contributed by atoms with van der Waals surface area (Å²) in [7, 11) is 1.66. The van der Waals surface area contributed by atoms with E-state index in [0.29, 0.717) is 6.42 Å². The summed E-state index contributed by atoms with van der Waals surface area (Å²) in [6, 6.07) is 11.9. The topological polar surface area (TPSA) is 26.3 Å². The summed E-state index contributed by atoms with van der Waals surface area (Å²) in [6.07, 6.45) is 0.477. The van der Waals surface area contributed by atoms with Crippen molar-refractivity contribution in [2.45, 2.75) is 13.3 Å². The second kappa shape index (κ2) is 4.35. The summed E-state index contributed by atoms with van der Waals surface area (Å²) in [5.74, 6) is 1.03. The van der Waals surface area contributed by atoms with Crippen molar-refractivity contribution in [3.8, 4) is 5.75 Å². The van der Waals surface area contributed by atoms with Gasteiger partial charge in [-0.15, -0.1) is 0 Å². The zero-order valence-corrected chi connectivity index (χ0v) is 9.49. The molecule has 0 atom stereocenters. The number of Topliss-reactive ketones (excluding diaryl/α,β-unsaturated/α-hetero) is 1. The van der Waals surface area contributed by atoms with Crippen LogP contribution in [0, 0.1) is 0 Å². The van der Waals surface area contributed by atoms with E-state index in [1.165, 1.54) is 0 Å². The molecule has 0 N–H and O–H groups in total. The van der Waals surface area contributed by atoms with Crippen molar-refractivity contribution in [1.82, 2.24) is 0 Å². The highest BCUT2D eigenvalue weighted by molar-refractivity contribution is 5.93. The number of methoxy groups -OCH3 is 1. The van der Waals surface area contributed by atoms with E-state index in [2.05, 4.69) is 0 Å². The number of rotatable bonds is 3. The number of ketones is 1. The summed E-state index contributed by atoms with van der Waals surface area (Å²) in [4.78, 5) is 11.2. The van der Waals surface area contributed by atoms with Gasteiger partial charge < -0.3 is 4.74 Å². The fourth-order valence-electron chi connectivity index (χ4n) is 1.93. The number of ether oxygens (including phenoxy) is 1. The summed E-state index contributed by atoms with van der Waals surface area (Å²) in [6.45, 7) is 1.61. The first-order chi connectivity index (χ1) is 7.72. The van der Waals surface area contributed by atoms with E-state index >= 15 is 0 Å². The van der Waals surface area contributed by atoms with Crippen LogP contribution in [0.5, 0.6) is 5.75 Å². The highest BCUT2D eigenvalue weighted by Crippen LogP contribution is 2.28. The summed E-state index contributed by atoms with van der Waals surface area (Å²) < 4.78 is 5.30. The minimum atomic E-state index is 0.176. The van der Waals surface area contributed by atoms with E-state index in [-0.39, 0.29) is 5.78 Å². The molecule has 0 heterocycles. The number of fused-ring (bicyclic) bond motifs is 1. The number of carbonyl (C=O) groups is 1. The molecule has 0 amide bonds. The quantitative estimate of drug-likeness (QED) is 0.785. The number of benzene rings is 2. The highest BCUT2D eigenvalue weighted by Gasteiger charge is 2.07. The molecule has 0 saturated carbocycles. The Morgan fingerprint density at radius 3 is 2.44 bits per heavy atom. The molecule has 2 aromatic carbocycles. The van der Waals surface area contributed by atoms with Crippen LogP contribution in [0.15, 0.2) is 36.4 Å². The molecule has 2 aromatic rings. The summed E-state index contributed by atoms with van der Waals surface area (Å²) in [5, 5.41) is 2.15. The average Bonchev–Trinajstić information content (AvgIpc) is 2.29. The van der Waals surface area contributed by atoms with Gasteiger partial charge in [-0.3, -0.25) is 4.79 Å². The van der Waals surface area contributed by atoms with Crippen LogP contribution >= 0.6 is 0 Å². The van der Waals surface area contributed by atoms with E-state index in [1.54, 1.807) is 14.0 Å². The standard InChI is InChI=1S/C14H14O2/c1-10(15)9-11-7-8-14(16-2)13-6-4-3-5-12(11)13/h3-8H,9H2,1-2H3. The van der Waals surface area contributed by atoms with Gasteiger partial charge in [0.15, 0.2) is 0 Å². The van der Waals surface area contributed by atoms with Gasteiger partial charge in [0.25, 0.3) is 0 Å². The molecular weight excluding hydrogens is 200 g/mol. The smallest absolute Gasteiger partial charge is 0.134 e. The zero-order chi connectivity index (χ0) is 11.5. The molecule has 16 heavy (non-hydrogen) atoms. The predicted octanol–water partition coefficient (Wildman–Crippen LogP) is 2.98. The summed E-state index contributed by atoms with van der Waals surface area (Å²) >= 11 is 0. The fraction of sp³-hybridized carbons (Fsp3) is 0.214. The second-order valence-electron chi connectivity index (χ2n) is 3.85. The van der Waals surface area contributed by atoms with Crippen LogP contribution in [0.25, 0.3) is 10.8 Å². The normalized spacial score (nSPS) is 10.4. The molecular formula is C14H14O2. The average molecular weight is 214 g/mol. The second-order valence-corrected chi connectivity index (χ2v) is 3.85. The lowest BCUT2D eigenvalue weighted by molar-refractivity contribution is -0.116. The molecule has 0 saturated heterocycles. The van der Waals surface area contributed by atoms with Gasteiger partial charge in [-0.2, -0.15) is 0 Å². The molecule has 82 valence electrons. The molecule has 2 nitrogen and oxygen atoms in total. The molecule has 0 unspecified atom stereocenters. The zero-order valence-electron chi connectivity index (χ0n) is 9.49. The van der Waals surface area contributed by atoms with Crippen molar-refractivity contribution in [3.05, 3.63) is 42.0 Å². The Balaban J connectivity index is 2.64. The predicted molar refractivity (Wildman–Crippen MR) is 64.9 cm³/mol. The third-order valence-electron chi connectivity index (χ3n) is 2.63. The van der Waals surface area contributed by atoms with Gasteiger partial charge in [-0.25, -0.2) is 0 Å². The third kappa shape index (κ3) is 1.91. The molecule has 2 heteroatoms. The lowest BCUT2D eigenvalue weighted by Gasteiger charge is -2.09. The highest BCUT2D eigenvalue weighted by atomic mass is 16.5. The monoisotopic (exact) mass is 214 g/mol. The molecule has 0 aliphatic carbocycles. The lowest BCUT2D eigenvalue weighted by atomic mass is 10.00. The summed E-state index contributed by atoms with van der Waals surface area (Å²) in [5.41, 5.74) is 1.06. The molecule has 0 fully saturated rings. The maximum absolute atomic E-state index is 11.2. The Kier molecular flexibility index (Phi) is 2.91. The first kappa shape index (κ1) is 10.7. The van der Waals surface area contributed by atoms with Gasteiger partial charge in [-0.05, 0) is 23.9 Å². The maximum Gasteiger partial charge on any atom is 0.134 e. The Morgan fingerprint density at radius 1 is 1.12 bits per heavy atom. The van der Waals surface area contributed by atoms with Crippen LogP contribution in [0.3, 0.4) is 0 Å². The maximum atomic E-state index is 11.2. The molecule has 0 aromatic heterocycles. The van der Waals surface area contributed by atoms with Crippen molar-refractivity contribution in [2.75, 3.05) is 7.11 Å². The third-order valence-corrected chi connectivity index (χ3v) is 2.63. The van der Waals surface area contributed by atoms with Crippen LogP contribution in [0.1, 0.15) is 12.5 Å². The lowest BCUT2D eigenvalue weighted by Crippen LogP contribution is -1.97. The first-order valence-electron chi connectivity index (χ1n) is 5.26. The van der Waals surface area contributed by atoms with Gasteiger partial charge in [0, 0.05) is 11.8 Å². The van der Waals surface area contributed by atoms with E-state index in [0.717, 1.165) is 22.1 Å². The minimum absolute atomic E-state index is 0.176. The van der Waals surface area contributed by atoms with Crippen molar-refractivity contribution in [3.63, 3.8) is 0 Å². The van der Waals surface area contributed by atoms with E-state index in [1.807, 2.05) is 36.4 Å². The van der Waals surface area contributed by atoms with Crippen LogP contribution < -0.4 is 4.74 Å². The van der Waals surface area contributed by atoms with Crippen LogP contribution in [0.4, 0.5) is 0 Å². The van der Waals surface area contributed by atoms with Crippen molar-refractivity contribution >= 4 is 16.6 Å². The van der Waals surface area contributed by atoms with Gasteiger partial charge in [0.1, 0.15) is 11.5 Å². The largest absolute Gasteiger partial charge is 0.496 e. The molecule has 0 radical (unpaired) electrons. The first-order valence-corrected chi connectivity index (χ1v) is 5.26. The van der Waals surface area contributed by atoms with Crippen LogP contribution in [-0.2, 0) is 11.2 Å². The Hall–Kier alpha value is -1.83. The van der Waals surface area contributed by atoms with E-state index in [4.69, 9.17) is 4.74 Å². The van der Waals surface area contributed by atoms with Gasteiger partial charge in [0.2, 0.25) is 0 Å². The van der Waals surface area contributed by atoms with Crippen LogP contribution in [0.2, 0.25) is 0 Å². The molecule has 0 spiro atoms. The van der Waals surface area contributed by atoms with Gasteiger partial charge in [0.05, 0.1) is 7.11 Å². The molecule has 0 aliphatic rings. The van der Waals surface area contributed by atoms with Crippen molar-refractivity contribution < 1.29 is 9.53 Å².